The third-order valence-electron chi connectivity index (χ3n) is 3.17. The lowest BCUT2D eigenvalue weighted by molar-refractivity contribution is 0.560. The first kappa shape index (κ1) is 14.8. The van der Waals surface area contributed by atoms with Gasteiger partial charge in [0.1, 0.15) is 10.7 Å². The summed E-state index contributed by atoms with van der Waals surface area (Å²) in [5, 5.41) is 1.49. The third kappa shape index (κ3) is 2.79. The van der Waals surface area contributed by atoms with Crippen LogP contribution in [0.25, 0.3) is 22.6 Å². The number of hydrogen-bond donors (Lipinski definition) is 0. The maximum atomic E-state index is 6.27. The molecule has 0 aliphatic rings. The maximum absolute atomic E-state index is 6.27. The number of hydrogen-bond acceptors (Lipinski definition) is 3. The largest absolute Gasteiger partial charge is 0.453 e. The zero-order valence-electron chi connectivity index (χ0n) is 11.9. The second kappa shape index (κ2) is 5.25. The molecule has 0 amide bonds. The van der Waals surface area contributed by atoms with Crippen LogP contribution in [0.5, 0.6) is 0 Å². The number of aromatic nitrogens is 2. The van der Waals surface area contributed by atoms with Gasteiger partial charge in [-0.15, -0.1) is 0 Å². The van der Waals surface area contributed by atoms with Gasteiger partial charge in [0.25, 0.3) is 0 Å². The Morgan fingerprint density at radius 3 is 2.52 bits per heavy atom. The monoisotopic (exact) mass is 412 g/mol. The van der Waals surface area contributed by atoms with E-state index in [1.807, 2.05) is 30.3 Å². The molecule has 0 saturated heterocycles. The molecule has 1 aromatic carbocycles. The minimum Gasteiger partial charge on any atom is -0.453 e. The van der Waals surface area contributed by atoms with Crippen molar-refractivity contribution < 1.29 is 4.42 Å². The first-order valence-electron chi connectivity index (χ1n) is 6.59. The summed E-state index contributed by atoms with van der Waals surface area (Å²) in [6, 6.07) is 9.79. The fourth-order valence-electron chi connectivity index (χ4n) is 2.12. The van der Waals surface area contributed by atoms with Crippen LogP contribution in [-0.2, 0) is 5.41 Å². The molecule has 108 valence electrons. The maximum Gasteiger partial charge on any atom is 0.197 e. The van der Waals surface area contributed by atoms with E-state index in [4.69, 9.17) is 16.0 Å². The summed E-state index contributed by atoms with van der Waals surface area (Å²) >= 11 is 8.47. The van der Waals surface area contributed by atoms with Gasteiger partial charge in [0.2, 0.25) is 0 Å². The van der Waals surface area contributed by atoms with Crippen molar-refractivity contribution in [2.75, 3.05) is 0 Å². The highest BCUT2D eigenvalue weighted by Gasteiger charge is 2.23. The lowest BCUT2D eigenvalue weighted by Gasteiger charge is -2.20. The molecule has 0 fully saturated rings. The number of halogens is 2. The van der Waals surface area contributed by atoms with Crippen molar-refractivity contribution >= 4 is 45.2 Å². The molecular weight excluding hydrogens is 399 g/mol. The van der Waals surface area contributed by atoms with E-state index in [9.17, 15) is 0 Å². The molecule has 21 heavy (non-hydrogen) atoms. The molecule has 0 aliphatic carbocycles. The molecule has 5 heteroatoms. The van der Waals surface area contributed by atoms with E-state index >= 15 is 0 Å². The van der Waals surface area contributed by atoms with Crippen LogP contribution in [0, 0.1) is 3.57 Å². The summed E-state index contributed by atoms with van der Waals surface area (Å²) in [4.78, 5) is 9.04. The molecule has 0 atom stereocenters. The normalized spacial score (nSPS) is 12.0. The van der Waals surface area contributed by atoms with Gasteiger partial charge in [-0.05, 0) is 34.7 Å². The van der Waals surface area contributed by atoms with Crippen molar-refractivity contribution in [1.82, 2.24) is 9.97 Å². The van der Waals surface area contributed by atoms with Crippen molar-refractivity contribution in [3.63, 3.8) is 0 Å². The van der Waals surface area contributed by atoms with Crippen LogP contribution in [0.4, 0.5) is 0 Å². The molecule has 0 radical (unpaired) electrons. The number of para-hydroxylation sites is 1. The number of fused-ring (bicyclic) bond motifs is 1. The van der Waals surface area contributed by atoms with Crippen molar-refractivity contribution in [2.24, 2.45) is 0 Å². The minimum absolute atomic E-state index is 0.107. The Labute approximate surface area is 141 Å². The highest BCUT2D eigenvalue weighted by Crippen LogP contribution is 2.33. The van der Waals surface area contributed by atoms with Crippen molar-refractivity contribution in [3.8, 4) is 11.6 Å². The summed E-state index contributed by atoms with van der Waals surface area (Å²) in [6.07, 6.45) is 0. The molecule has 0 bridgehead atoms. The first-order chi connectivity index (χ1) is 9.86. The van der Waals surface area contributed by atoms with E-state index in [-0.39, 0.29) is 5.41 Å². The average molecular weight is 413 g/mol. The van der Waals surface area contributed by atoms with Gasteiger partial charge in [0.15, 0.2) is 11.6 Å². The van der Waals surface area contributed by atoms with Crippen LogP contribution in [0.2, 0.25) is 5.15 Å². The summed E-state index contributed by atoms with van der Waals surface area (Å²) in [6.45, 7) is 6.32. The van der Waals surface area contributed by atoms with E-state index in [0.29, 0.717) is 16.7 Å². The molecule has 3 rings (SSSR count). The Morgan fingerprint density at radius 2 is 1.86 bits per heavy atom. The predicted octanol–water partition coefficient (Wildman–Crippen LogP) is 5.45. The van der Waals surface area contributed by atoms with Crippen LogP contribution >= 0.6 is 34.2 Å². The van der Waals surface area contributed by atoms with Gasteiger partial charge in [-0.25, -0.2) is 9.97 Å². The Morgan fingerprint density at radius 1 is 1.14 bits per heavy atom. The van der Waals surface area contributed by atoms with Gasteiger partial charge >= 0.3 is 0 Å². The molecule has 3 nitrogen and oxygen atoms in total. The third-order valence-corrected chi connectivity index (χ3v) is 4.78. The van der Waals surface area contributed by atoms with Crippen LogP contribution in [-0.4, -0.2) is 9.97 Å². The Hall–Kier alpha value is -1.14. The summed E-state index contributed by atoms with van der Waals surface area (Å²) in [5.41, 5.74) is 1.64. The van der Waals surface area contributed by atoms with Gasteiger partial charge in [0, 0.05) is 10.8 Å². The summed E-state index contributed by atoms with van der Waals surface area (Å²) < 4.78 is 6.72. The van der Waals surface area contributed by atoms with Crippen LogP contribution in [0.3, 0.4) is 0 Å². The lowest BCUT2D eigenvalue weighted by Crippen LogP contribution is -2.17. The number of furan rings is 1. The highest BCUT2D eigenvalue weighted by atomic mass is 127. The summed E-state index contributed by atoms with van der Waals surface area (Å²) in [7, 11) is 0. The van der Waals surface area contributed by atoms with Crippen LogP contribution in [0.15, 0.2) is 34.7 Å². The van der Waals surface area contributed by atoms with Gasteiger partial charge < -0.3 is 4.42 Å². The second-order valence-corrected chi connectivity index (χ2v) is 7.34. The zero-order chi connectivity index (χ0) is 15.2. The van der Waals surface area contributed by atoms with Gasteiger partial charge in [-0.2, -0.15) is 0 Å². The minimum atomic E-state index is -0.107. The fraction of sp³-hybridized carbons (Fsp3) is 0.250. The molecule has 0 unspecified atom stereocenters. The molecule has 0 spiro atoms. The Balaban J connectivity index is 2.20. The number of rotatable bonds is 1. The van der Waals surface area contributed by atoms with Gasteiger partial charge in [0.05, 0.1) is 9.26 Å². The van der Waals surface area contributed by atoms with E-state index in [1.165, 1.54) is 0 Å². The van der Waals surface area contributed by atoms with Crippen molar-refractivity contribution in [2.45, 2.75) is 26.2 Å². The molecule has 0 N–H and O–H groups in total. The molecular formula is C16H14ClIN2O. The van der Waals surface area contributed by atoms with Gasteiger partial charge in [-0.1, -0.05) is 50.6 Å². The van der Waals surface area contributed by atoms with E-state index in [1.54, 1.807) is 0 Å². The van der Waals surface area contributed by atoms with Crippen molar-refractivity contribution in [3.05, 3.63) is 44.7 Å². The second-order valence-electron chi connectivity index (χ2n) is 5.90. The fourth-order valence-corrected chi connectivity index (χ4v) is 3.34. The SMILES string of the molecule is CC(C)(C)c1nc(-c2cc3ccccc3o2)nc(Cl)c1I. The predicted molar refractivity (Wildman–Crippen MR) is 93.7 cm³/mol. The molecule has 3 aromatic rings. The number of benzene rings is 1. The number of nitrogens with zero attached hydrogens (tertiary/aromatic N) is 2. The molecule has 2 aromatic heterocycles. The van der Waals surface area contributed by atoms with Crippen LogP contribution in [0.1, 0.15) is 26.5 Å². The molecule has 2 heterocycles. The lowest BCUT2D eigenvalue weighted by atomic mass is 9.92. The van der Waals surface area contributed by atoms with Crippen LogP contribution < -0.4 is 0 Å². The average Bonchev–Trinajstić information content (AvgIpc) is 2.84. The van der Waals surface area contributed by atoms with E-state index in [2.05, 4.69) is 53.3 Å². The zero-order valence-corrected chi connectivity index (χ0v) is 14.9. The molecule has 0 saturated carbocycles. The van der Waals surface area contributed by atoms with Crippen molar-refractivity contribution in [1.29, 1.82) is 0 Å². The highest BCUT2D eigenvalue weighted by molar-refractivity contribution is 14.1. The molecule has 0 aliphatic heterocycles. The topological polar surface area (TPSA) is 38.9 Å². The summed E-state index contributed by atoms with van der Waals surface area (Å²) in [5.74, 6) is 1.17. The first-order valence-corrected chi connectivity index (χ1v) is 8.04. The van der Waals surface area contributed by atoms with Gasteiger partial charge in [-0.3, -0.25) is 0 Å². The van der Waals surface area contributed by atoms with E-state index in [0.717, 1.165) is 20.2 Å². The smallest absolute Gasteiger partial charge is 0.197 e. The Kier molecular flexibility index (Phi) is 3.69. The standard InChI is InChI=1S/C16H14ClIN2O/c1-16(2,3)13-12(18)14(17)20-15(19-13)11-8-9-6-4-5-7-10(9)21-11/h4-8H,1-3H3. The van der Waals surface area contributed by atoms with E-state index < -0.39 is 0 Å². The Bertz CT molecular complexity index is 788. The quantitative estimate of drug-likeness (QED) is 0.394.